The lowest BCUT2D eigenvalue weighted by molar-refractivity contribution is -0.137. The maximum Gasteiger partial charge on any atom is 0.417 e. The molecule has 12 heteroatoms. The van der Waals surface area contributed by atoms with E-state index in [2.05, 4.69) is 21.4 Å². The molecule has 1 atom stereocenters. The second-order valence-corrected chi connectivity index (χ2v) is 8.86. The number of amides is 1. The summed E-state index contributed by atoms with van der Waals surface area (Å²) in [6, 6.07) is 5.60. The highest BCUT2D eigenvalue weighted by Gasteiger charge is 2.50. The van der Waals surface area contributed by atoms with Crippen LogP contribution in [-0.2, 0) is 17.5 Å². The monoisotopic (exact) mass is 514 g/mol. The Hall–Kier alpha value is -2.61. The molecule has 1 saturated carbocycles. The second kappa shape index (κ2) is 9.94. The Morgan fingerprint density at radius 1 is 1.38 bits per heavy atom. The van der Waals surface area contributed by atoms with E-state index in [1.165, 1.54) is 18.3 Å². The number of hydrogen-bond acceptors (Lipinski definition) is 6. The van der Waals surface area contributed by atoms with E-state index in [0.717, 1.165) is 12.5 Å². The van der Waals surface area contributed by atoms with Crippen molar-refractivity contribution in [2.75, 3.05) is 24.5 Å². The number of nitrogens with one attached hydrogen (secondary N) is 1. The molecular weight excluding hydrogens is 492 g/mol. The Morgan fingerprint density at radius 2 is 2.12 bits per heavy atom. The summed E-state index contributed by atoms with van der Waals surface area (Å²) in [6.07, 6.45) is -1.19. The molecule has 2 heterocycles. The first-order valence-corrected chi connectivity index (χ1v) is 10.9. The van der Waals surface area contributed by atoms with Crippen molar-refractivity contribution in [3.63, 3.8) is 0 Å². The van der Waals surface area contributed by atoms with Crippen LogP contribution < -0.4 is 16.0 Å². The molecule has 0 radical (unpaired) electrons. The minimum Gasteiger partial charge on any atom is -0.356 e. The molecule has 1 aliphatic carbocycles. The number of rotatable bonds is 6. The van der Waals surface area contributed by atoms with Gasteiger partial charge in [0.15, 0.2) is 5.82 Å². The second-order valence-electron chi connectivity index (χ2n) is 8.45. The first kappa shape index (κ1) is 26.0. The highest BCUT2D eigenvalue weighted by molar-refractivity contribution is 6.31. The number of hydrogen-bond donors (Lipinski definition) is 2. The predicted octanol–water partition coefficient (Wildman–Crippen LogP) is 3.94. The van der Waals surface area contributed by atoms with Gasteiger partial charge in [-0.1, -0.05) is 11.6 Å². The van der Waals surface area contributed by atoms with Crippen molar-refractivity contribution >= 4 is 35.7 Å². The Balaban J connectivity index is 0.00000324. The van der Waals surface area contributed by atoms with Gasteiger partial charge in [0.05, 0.1) is 16.7 Å². The van der Waals surface area contributed by atoms with E-state index < -0.39 is 22.2 Å². The number of carbonyl (C=O) groups is 1. The van der Waals surface area contributed by atoms with Crippen LogP contribution in [0.4, 0.5) is 19.0 Å². The van der Waals surface area contributed by atoms with Crippen molar-refractivity contribution < 1.29 is 18.0 Å². The van der Waals surface area contributed by atoms with E-state index in [0.29, 0.717) is 43.9 Å². The molecule has 2 aromatic rings. The molecule has 2 aliphatic rings. The lowest BCUT2D eigenvalue weighted by Crippen LogP contribution is -2.32. The summed E-state index contributed by atoms with van der Waals surface area (Å²) < 4.78 is 39.9. The van der Waals surface area contributed by atoms with Crippen molar-refractivity contribution in [1.82, 2.24) is 15.3 Å². The van der Waals surface area contributed by atoms with Gasteiger partial charge in [0.1, 0.15) is 11.2 Å². The molecule has 1 aromatic carbocycles. The third kappa shape index (κ3) is 5.22. The van der Waals surface area contributed by atoms with E-state index in [1.54, 1.807) is 0 Å². The van der Waals surface area contributed by atoms with Crippen LogP contribution in [0.25, 0.3) is 11.4 Å². The van der Waals surface area contributed by atoms with Gasteiger partial charge >= 0.3 is 6.18 Å². The van der Waals surface area contributed by atoms with Gasteiger partial charge in [-0.2, -0.15) is 18.4 Å². The third-order valence-electron chi connectivity index (χ3n) is 6.13. The van der Waals surface area contributed by atoms with Crippen LogP contribution in [0, 0.1) is 22.7 Å². The number of aromatic nitrogens is 2. The maximum absolute atomic E-state index is 13.3. The van der Waals surface area contributed by atoms with E-state index >= 15 is 0 Å². The summed E-state index contributed by atoms with van der Waals surface area (Å²) in [7, 11) is 0. The summed E-state index contributed by atoms with van der Waals surface area (Å²) >= 11 is 5.74. The van der Waals surface area contributed by atoms with Gasteiger partial charge in [0, 0.05) is 37.0 Å². The minimum atomic E-state index is -4.61. The number of halogens is 5. The van der Waals surface area contributed by atoms with Crippen LogP contribution in [0.15, 0.2) is 24.4 Å². The number of alkyl halides is 3. The molecule has 0 bridgehead atoms. The van der Waals surface area contributed by atoms with Crippen LogP contribution in [0.1, 0.15) is 30.4 Å². The van der Waals surface area contributed by atoms with Gasteiger partial charge in [-0.15, -0.1) is 12.4 Å². The minimum absolute atomic E-state index is 0. The van der Waals surface area contributed by atoms with Crippen LogP contribution in [0.2, 0.25) is 5.02 Å². The van der Waals surface area contributed by atoms with Crippen molar-refractivity contribution in [2.45, 2.75) is 32.0 Å². The van der Waals surface area contributed by atoms with Gasteiger partial charge in [-0.25, -0.2) is 9.97 Å². The number of nitrogens with zero attached hydrogens (tertiary/aromatic N) is 4. The largest absolute Gasteiger partial charge is 0.417 e. The number of nitrogens with two attached hydrogens (primary N) is 1. The van der Waals surface area contributed by atoms with Crippen LogP contribution in [-0.4, -0.2) is 35.5 Å². The van der Waals surface area contributed by atoms with Crippen LogP contribution in [0.3, 0.4) is 0 Å². The normalized spacial score (nSPS) is 18.7. The number of nitriles is 1. The van der Waals surface area contributed by atoms with Crippen molar-refractivity contribution in [1.29, 1.82) is 5.26 Å². The molecule has 2 fully saturated rings. The molecule has 4 rings (SSSR count). The van der Waals surface area contributed by atoms with Crippen LogP contribution in [0.5, 0.6) is 0 Å². The zero-order valence-electron chi connectivity index (χ0n) is 18.0. The van der Waals surface area contributed by atoms with E-state index in [1.807, 2.05) is 4.90 Å². The highest BCUT2D eigenvalue weighted by atomic mass is 35.5. The Bertz CT molecular complexity index is 1120. The molecular formula is C22H23Cl2F3N6O. The fraction of sp³-hybridized carbons (Fsp3) is 0.455. The molecule has 182 valence electrons. The topological polar surface area (TPSA) is 108 Å². The Labute approximate surface area is 205 Å². The zero-order valence-corrected chi connectivity index (χ0v) is 19.6. The average molecular weight is 515 g/mol. The standard InChI is InChI=1S/C22H22ClF3N6O.ClH/c23-17-2-1-14(7-16(17)22(24,25)26)18-29-9-15(10-30-20(33)21(12-28)4-5-21)19(31-18)32-6-3-13(8-27)11-32;/h1-2,7,9,13H,3-6,8,10-11,27H2,(H,30,33);1H. The Morgan fingerprint density at radius 3 is 2.71 bits per heavy atom. The fourth-order valence-corrected chi connectivity index (χ4v) is 4.12. The molecule has 7 nitrogen and oxygen atoms in total. The molecule has 1 aliphatic heterocycles. The van der Waals surface area contributed by atoms with Gasteiger partial charge in [-0.3, -0.25) is 4.79 Å². The van der Waals surface area contributed by atoms with Crippen molar-refractivity contribution in [2.24, 2.45) is 17.1 Å². The third-order valence-corrected chi connectivity index (χ3v) is 6.46. The smallest absolute Gasteiger partial charge is 0.356 e. The average Bonchev–Trinajstić information content (AvgIpc) is 3.46. The quantitative estimate of drug-likeness (QED) is 0.604. The van der Waals surface area contributed by atoms with Gasteiger partial charge in [0.2, 0.25) is 5.91 Å². The SMILES string of the molecule is Cl.N#CC1(C(=O)NCc2cnc(-c3ccc(Cl)c(C(F)(F)F)c3)nc2N2CCC(CN)C2)CC1. The van der Waals surface area contributed by atoms with Gasteiger partial charge in [-0.05, 0) is 49.9 Å². The lowest BCUT2D eigenvalue weighted by atomic mass is 10.1. The summed E-state index contributed by atoms with van der Waals surface area (Å²) in [5.74, 6) is 0.580. The molecule has 34 heavy (non-hydrogen) atoms. The van der Waals surface area contributed by atoms with Crippen LogP contribution >= 0.6 is 24.0 Å². The van der Waals surface area contributed by atoms with Crippen molar-refractivity contribution in [3.05, 3.63) is 40.5 Å². The van der Waals surface area contributed by atoms with E-state index in [-0.39, 0.29) is 42.2 Å². The van der Waals surface area contributed by atoms with E-state index in [4.69, 9.17) is 17.3 Å². The summed E-state index contributed by atoms with van der Waals surface area (Å²) in [5.41, 5.74) is 4.68. The van der Waals surface area contributed by atoms with Gasteiger partial charge < -0.3 is 16.0 Å². The van der Waals surface area contributed by atoms with Crippen molar-refractivity contribution in [3.8, 4) is 17.5 Å². The predicted molar refractivity (Wildman–Crippen MR) is 123 cm³/mol. The molecule has 1 unspecified atom stereocenters. The first-order valence-electron chi connectivity index (χ1n) is 10.5. The van der Waals surface area contributed by atoms with E-state index in [9.17, 15) is 23.2 Å². The number of benzene rings is 1. The molecule has 3 N–H and O–H groups in total. The number of carbonyl (C=O) groups excluding carboxylic acids is 1. The molecule has 1 saturated heterocycles. The number of anilines is 1. The molecule has 1 aromatic heterocycles. The Kier molecular flexibility index (Phi) is 7.60. The van der Waals surface area contributed by atoms with Gasteiger partial charge in [0.25, 0.3) is 0 Å². The summed E-state index contributed by atoms with van der Waals surface area (Å²) in [6.45, 7) is 1.94. The maximum atomic E-state index is 13.3. The summed E-state index contributed by atoms with van der Waals surface area (Å²) in [5, 5.41) is 11.6. The zero-order chi connectivity index (χ0) is 23.8. The highest BCUT2D eigenvalue weighted by Crippen LogP contribution is 2.45. The fourth-order valence-electron chi connectivity index (χ4n) is 3.89. The molecule has 0 spiro atoms. The lowest BCUT2D eigenvalue weighted by Gasteiger charge is -2.22. The molecule has 1 amide bonds. The first-order chi connectivity index (χ1) is 15.7. The summed E-state index contributed by atoms with van der Waals surface area (Å²) in [4.78, 5) is 23.2.